The molecule has 0 spiro atoms. The Kier molecular flexibility index (Phi) is 10.8. The van der Waals surface area contributed by atoms with Crippen molar-refractivity contribution in [3.63, 3.8) is 0 Å². The Morgan fingerprint density at radius 1 is 1.00 bits per heavy atom. The quantitative estimate of drug-likeness (QED) is 0.325. The first-order valence-electron chi connectivity index (χ1n) is 17.5. The largest absolute Gasteiger partial charge is 0.479 e. The van der Waals surface area contributed by atoms with Gasteiger partial charge in [0.1, 0.15) is 28.0 Å². The molecule has 2 aliphatic heterocycles. The fourth-order valence-corrected chi connectivity index (χ4v) is 9.41. The van der Waals surface area contributed by atoms with E-state index in [1.807, 2.05) is 54.6 Å². The molecule has 5 rings (SSSR count). The molecule has 270 valence electrons. The minimum Gasteiger partial charge on any atom is -0.479 e. The predicted octanol–water partition coefficient (Wildman–Crippen LogP) is 5.35. The smallest absolute Gasteiger partial charge is 0.408 e. The Morgan fingerprint density at radius 2 is 1.68 bits per heavy atom. The number of allylic oxidation sites excluding steroid dienone is 1. The van der Waals surface area contributed by atoms with Crippen molar-refractivity contribution in [1.29, 1.82) is 0 Å². The van der Waals surface area contributed by atoms with Gasteiger partial charge in [-0.2, -0.15) is 0 Å². The van der Waals surface area contributed by atoms with Crippen molar-refractivity contribution in [3.8, 4) is 11.1 Å². The summed E-state index contributed by atoms with van der Waals surface area (Å²) in [4.78, 5) is 55.7. The number of carboxylic acids is 1. The van der Waals surface area contributed by atoms with Gasteiger partial charge in [-0.15, -0.1) is 0 Å². The van der Waals surface area contributed by atoms with Crippen LogP contribution in [0.25, 0.3) is 11.1 Å². The standard InChI is InChI=1S/C38H49N3O8S/c1-5-22-50(47,48)37(28-20-18-27(19-21-28)26-14-10-9-11-15-26)24-31-32(42)40-38(34(44)45)23-29(38)16-12-7-6-8-13-17-30(33(43)41(31)25-37)39-35(46)49-36(2,3)4/h9-12,14-16,18-21,29-31H,5-8,13,17,22-25H2,1-4H3,(H,39,46)(H,40,42)(H,44,45)/b16-12-/t29-,30+,31+,37+,38-/m1/s1. The Bertz CT molecular complexity index is 1720. The van der Waals surface area contributed by atoms with Gasteiger partial charge >= 0.3 is 12.1 Å². The second-order valence-corrected chi connectivity index (χ2v) is 17.2. The molecule has 5 atom stereocenters. The maximum atomic E-state index is 14.6. The molecule has 0 unspecified atom stereocenters. The van der Waals surface area contributed by atoms with E-state index in [-0.39, 0.29) is 31.6 Å². The van der Waals surface area contributed by atoms with E-state index in [0.717, 1.165) is 24.0 Å². The van der Waals surface area contributed by atoms with Gasteiger partial charge in [-0.25, -0.2) is 18.0 Å². The topological polar surface area (TPSA) is 159 Å². The van der Waals surface area contributed by atoms with Crippen LogP contribution < -0.4 is 10.6 Å². The second kappa shape index (κ2) is 14.6. The molecule has 3 aliphatic rings. The Balaban J connectivity index is 1.60. The van der Waals surface area contributed by atoms with Crippen LogP contribution in [0.4, 0.5) is 4.79 Å². The zero-order valence-corrected chi connectivity index (χ0v) is 30.1. The van der Waals surface area contributed by atoms with Crippen molar-refractivity contribution in [3.05, 3.63) is 72.3 Å². The van der Waals surface area contributed by atoms with Gasteiger partial charge in [0.05, 0.1) is 5.75 Å². The third-order valence-electron chi connectivity index (χ3n) is 9.96. The van der Waals surface area contributed by atoms with Gasteiger partial charge in [0, 0.05) is 18.9 Å². The summed E-state index contributed by atoms with van der Waals surface area (Å²) < 4.78 is 32.6. The number of nitrogens with one attached hydrogen (secondary N) is 2. The van der Waals surface area contributed by atoms with Crippen molar-refractivity contribution >= 4 is 33.7 Å². The molecule has 0 aromatic heterocycles. The molecule has 2 heterocycles. The summed E-state index contributed by atoms with van der Waals surface area (Å²) in [5.41, 5.74) is -0.138. The first kappa shape index (κ1) is 37.1. The third kappa shape index (κ3) is 7.75. The Hall–Kier alpha value is -4.19. The molecule has 11 nitrogen and oxygen atoms in total. The number of benzene rings is 2. The van der Waals surface area contributed by atoms with E-state index < -0.39 is 67.6 Å². The highest BCUT2D eigenvalue weighted by molar-refractivity contribution is 7.92. The number of alkyl carbamates (subject to hydrolysis) is 1. The van der Waals surface area contributed by atoms with Gasteiger partial charge < -0.3 is 25.4 Å². The van der Waals surface area contributed by atoms with E-state index >= 15 is 0 Å². The number of sulfone groups is 1. The van der Waals surface area contributed by atoms with Crippen LogP contribution in [0.3, 0.4) is 0 Å². The number of aliphatic carboxylic acids is 1. The molecule has 1 saturated heterocycles. The van der Waals surface area contributed by atoms with Crippen LogP contribution in [-0.2, 0) is 33.7 Å². The van der Waals surface area contributed by atoms with Gasteiger partial charge in [0.25, 0.3) is 0 Å². The molecule has 2 aromatic rings. The lowest BCUT2D eigenvalue weighted by atomic mass is 9.93. The van der Waals surface area contributed by atoms with Crippen LogP contribution >= 0.6 is 0 Å². The summed E-state index contributed by atoms with van der Waals surface area (Å²) in [7, 11) is -3.99. The maximum Gasteiger partial charge on any atom is 0.408 e. The highest BCUT2D eigenvalue weighted by atomic mass is 32.2. The van der Waals surface area contributed by atoms with Crippen molar-refractivity contribution in [2.75, 3.05) is 12.3 Å². The summed E-state index contributed by atoms with van der Waals surface area (Å²) in [6.07, 6.45) is 6.22. The molecule has 0 radical (unpaired) electrons. The number of carboxylic acid groups (broad SMARTS) is 1. The monoisotopic (exact) mass is 707 g/mol. The van der Waals surface area contributed by atoms with E-state index in [9.17, 15) is 32.7 Å². The average molecular weight is 708 g/mol. The van der Waals surface area contributed by atoms with Crippen LogP contribution in [0.5, 0.6) is 0 Å². The zero-order chi connectivity index (χ0) is 36.3. The molecule has 1 saturated carbocycles. The van der Waals surface area contributed by atoms with Gasteiger partial charge in [0.15, 0.2) is 9.84 Å². The first-order chi connectivity index (χ1) is 23.6. The molecular weight excluding hydrogens is 658 g/mol. The van der Waals surface area contributed by atoms with Crippen molar-refractivity contribution in [1.82, 2.24) is 15.5 Å². The normalized spacial score (nSPS) is 28.2. The van der Waals surface area contributed by atoms with E-state index in [0.29, 0.717) is 24.8 Å². The molecule has 3 N–H and O–H groups in total. The Labute approximate surface area is 294 Å². The summed E-state index contributed by atoms with van der Waals surface area (Å²) in [6, 6.07) is 14.3. The van der Waals surface area contributed by atoms with Gasteiger partial charge in [0.2, 0.25) is 11.8 Å². The first-order valence-corrected chi connectivity index (χ1v) is 19.2. The molecule has 2 aromatic carbocycles. The zero-order valence-electron chi connectivity index (χ0n) is 29.3. The predicted molar refractivity (Wildman–Crippen MR) is 190 cm³/mol. The molecule has 1 aliphatic carbocycles. The average Bonchev–Trinajstić information content (AvgIpc) is 3.59. The lowest BCUT2D eigenvalue weighted by molar-refractivity contribution is -0.145. The lowest BCUT2D eigenvalue weighted by Gasteiger charge is -2.31. The van der Waals surface area contributed by atoms with Crippen molar-refractivity contribution in [2.24, 2.45) is 5.92 Å². The summed E-state index contributed by atoms with van der Waals surface area (Å²) in [5.74, 6) is -3.16. The number of rotatable bonds is 7. The molecule has 0 bridgehead atoms. The number of hydrogen-bond donors (Lipinski definition) is 3. The molecule has 12 heteroatoms. The van der Waals surface area contributed by atoms with Crippen LogP contribution in [0.1, 0.15) is 84.6 Å². The van der Waals surface area contributed by atoms with Crippen LogP contribution in [-0.4, -0.2) is 77.8 Å². The third-order valence-corrected chi connectivity index (χ3v) is 12.6. The van der Waals surface area contributed by atoms with Crippen LogP contribution in [0.2, 0.25) is 0 Å². The van der Waals surface area contributed by atoms with Gasteiger partial charge in [-0.05, 0) is 69.6 Å². The van der Waals surface area contributed by atoms with Gasteiger partial charge in [-0.1, -0.05) is 86.5 Å². The second-order valence-electron chi connectivity index (χ2n) is 14.8. The van der Waals surface area contributed by atoms with Crippen LogP contribution in [0, 0.1) is 5.92 Å². The number of nitrogens with zero attached hydrogens (tertiary/aromatic N) is 1. The molecule has 2 fully saturated rings. The number of carbonyl (C=O) groups is 4. The number of amides is 3. The summed E-state index contributed by atoms with van der Waals surface area (Å²) in [5, 5.41) is 15.7. The number of hydrogen-bond acceptors (Lipinski definition) is 7. The lowest BCUT2D eigenvalue weighted by Crippen LogP contribution is -2.56. The minimum absolute atomic E-state index is 0.185. The number of carbonyl (C=O) groups excluding carboxylic acids is 3. The van der Waals surface area contributed by atoms with E-state index in [1.54, 1.807) is 39.8 Å². The van der Waals surface area contributed by atoms with Crippen molar-refractivity contribution in [2.45, 2.75) is 107 Å². The Morgan fingerprint density at radius 3 is 2.32 bits per heavy atom. The SMILES string of the molecule is CCCS(=O)(=O)[C@@]1(c2ccc(-c3ccccc3)cc2)C[C@H]2C(=O)N[C@]3(C(=O)O)C[C@H]3/C=C\CCCCC[C@H](NC(=O)OC(C)(C)C)C(=O)N2C1. The fourth-order valence-electron chi connectivity index (χ4n) is 7.24. The van der Waals surface area contributed by atoms with E-state index in [2.05, 4.69) is 10.6 Å². The highest BCUT2D eigenvalue weighted by Crippen LogP contribution is 2.48. The fraction of sp³-hybridized carbons (Fsp3) is 0.526. The summed E-state index contributed by atoms with van der Waals surface area (Å²) >= 11 is 0. The number of fused-ring (bicyclic) bond motifs is 2. The molecular formula is C38H49N3O8S. The minimum atomic E-state index is -3.99. The number of ether oxygens (including phenoxy) is 1. The van der Waals surface area contributed by atoms with Crippen LogP contribution in [0.15, 0.2) is 66.7 Å². The van der Waals surface area contributed by atoms with Gasteiger partial charge in [-0.3, -0.25) is 9.59 Å². The summed E-state index contributed by atoms with van der Waals surface area (Å²) in [6.45, 7) is 6.54. The van der Waals surface area contributed by atoms with E-state index in [1.165, 1.54) is 4.90 Å². The molecule has 50 heavy (non-hydrogen) atoms. The van der Waals surface area contributed by atoms with Crippen molar-refractivity contribution < 1.29 is 37.4 Å². The highest BCUT2D eigenvalue weighted by Gasteiger charge is 2.63. The maximum absolute atomic E-state index is 14.6. The molecule has 3 amide bonds. The van der Waals surface area contributed by atoms with E-state index in [4.69, 9.17) is 4.74 Å².